The molecular formula is C22H26N2O4. The molecule has 2 N–H and O–H groups in total. The second kappa shape index (κ2) is 8.50. The number of carbonyl (C=O) groups excluding carboxylic acids is 2. The second-order valence-corrected chi connectivity index (χ2v) is 7.39. The molecule has 0 saturated heterocycles. The Morgan fingerprint density at radius 2 is 1.07 bits per heavy atom. The van der Waals surface area contributed by atoms with Gasteiger partial charge in [0.05, 0.1) is 11.1 Å². The number of unbranched alkanes of at least 4 members (excludes halogenated alkanes) is 4. The SMILES string of the molecule is CCCCCc1cc(=O)[nH]c2c1C(=O)c1c(CCCCC)cc(=O)[nH]c1C2=O. The average molecular weight is 382 g/mol. The summed E-state index contributed by atoms with van der Waals surface area (Å²) in [7, 11) is 0. The highest BCUT2D eigenvalue weighted by molar-refractivity contribution is 6.27. The number of pyridine rings is 2. The molecule has 6 nitrogen and oxygen atoms in total. The van der Waals surface area contributed by atoms with E-state index in [-0.39, 0.29) is 28.3 Å². The standard InChI is InChI=1S/C22H26N2O4/c1-3-5-7-9-13-11-15(25)23-19-17(13)21(27)18-14(10-8-6-4-2)12-16(26)24-20(18)22(19)28/h11-12H,3-10H2,1-2H3,(H,23,25)(H,24,26). The van der Waals surface area contributed by atoms with Crippen LogP contribution in [0.5, 0.6) is 0 Å². The maximum Gasteiger partial charge on any atom is 0.248 e. The maximum absolute atomic E-state index is 13.4. The van der Waals surface area contributed by atoms with Crippen molar-refractivity contribution < 1.29 is 9.59 Å². The van der Waals surface area contributed by atoms with Gasteiger partial charge in [0.25, 0.3) is 0 Å². The normalized spacial score (nSPS) is 12.8. The van der Waals surface area contributed by atoms with Gasteiger partial charge in [-0.05, 0) is 36.8 Å². The summed E-state index contributed by atoms with van der Waals surface area (Å²) in [6.45, 7) is 4.16. The highest BCUT2D eigenvalue weighted by Crippen LogP contribution is 2.29. The van der Waals surface area contributed by atoms with Gasteiger partial charge in [-0.1, -0.05) is 39.5 Å². The van der Waals surface area contributed by atoms with Crippen LogP contribution in [-0.2, 0) is 12.8 Å². The maximum atomic E-state index is 13.4. The number of rotatable bonds is 8. The van der Waals surface area contributed by atoms with Gasteiger partial charge in [-0.25, -0.2) is 0 Å². The molecule has 28 heavy (non-hydrogen) atoms. The molecule has 2 aromatic rings. The summed E-state index contributed by atoms with van der Waals surface area (Å²) in [5.74, 6) is -0.774. The van der Waals surface area contributed by atoms with E-state index >= 15 is 0 Å². The average Bonchev–Trinajstić information content (AvgIpc) is 2.65. The molecule has 3 rings (SSSR count). The third-order valence-corrected chi connectivity index (χ3v) is 5.26. The minimum Gasteiger partial charge on any atom is -0.318 e. The first kappa shape index (κ1) is 20.0. The Morgan fingerprint density at radius 3 is 1.46 bits per heavy atom. The number of H-pyrrole nitrogens is 2. The van der Waals surface area contributed by atoms with E-state index < -0.39 is 16.9 Å². The quantitative estimate of drug-likeness (QED) is 0.584. The number of fused-ring (bicyclic) bond motifs is 2. The Kier molecular flexibility index (Phi) is 6.07. The third kappa shape index (κ3) is 3.77. The summed E-state index contributed by atoms with van der Waals surface area (Å²) >= 11 is 0. The summed E-state index contributed by atoms with van der Waals surface area (Å²) in [6, 6.07) is 2.85. The summed E-state index contributed by atoms with van der Waals surface area (Å²) in [5.41, 5.74) is 0.987. The lowest BCUT2D eigenvalue weighted by Crippen LogP contribution is -2.32. The van der Waals surface area contributed by atoms with E-state index in [0.717, 1.165) is 38.5 Å². The molecule has 0 bridgehead atoms. The molecule has 1 aliphatic rings. The Bertz CT molecular complexity index is 950. The smallest absolute Gasteiger partial charge is 0.248 e. The van der Waals surface area contributed by atoms with Crippen molar-refractivity contribution >= 4 is 11.6 Å². The number of hydrogen-bond donors (Lipinski definition) is 2. The zero-order chi connectivity index (χ0) is 20.3. The molecule has 0 unspecified atom stereocenters. The number of aromatic amines is 2. The van der Waals surface area contributed by atoms with Crippen molar-refractivity contribution in [1.82, 2.24) is 9.97 Å². The number of hydrogen-bond acceptors (Lipinski definition) is 4. The van der Waals surface area contributed by atoms with E-state index in [1.807, 2.05) is 0 Å². The number of ketones is 2. The van der Waals surface area contributed by atoms with Crippen LogP contribution in [0.1, 0.15) is 95.6 Å². The lowest BCUT2D eigenvalue weighted by Gasteiger charge is -2.21. The van der Waals surface area contributed by atoms with Gasteiger partial charge in [0.1, 0.15) is 11.4 Å². The van der Waals surface area contributed by atoms with E-state index in [1.165, 1.54) is 12.1 Å². The number of aromatic nitrogens is 2. The predicted molar refractivity (Wildman–Crippen MR) is 107 cm³/mol. The van der Waals surface area contributed by atoms with Gasteiger partial charge in [-0.2, -0.15) is 0 Å². The highest BCUT2D eigenvalue weighted by atomic mass is 16.2. The summed E-state index contributed by atoms with van der Waals surface area (Å²) in [5, 5.41) is 0. The highest BCUT2D eigenvalue weighted by Gasteiger charge is 2.35. The van der Waals surface area contributed by atoms with Gasteiger partial charge in [0, 0.05) is 12.1 Å². The van der Waals surface area contributed by atoms with Gasteiger partial charge in [-0.15, -0.1) is 0 Å². The zero-order valence-electron chi connectivity index (χ0n) is 16.4. The van der Waals surface area contributed by atoms with Crippen LogP contribution in [0.2, 0.25) is 0 Å². The fraction of sp³-hybridized carbons (Fsp3) is 0.455. The van der Waals surface area contributed by atoms with Gasteiger partial charge < -0.3 is 9.97 Å². The zero-order valence-corrected chi connectivity index (χ0v) is 16.4. The first-order valence-corrected chi connectivity index (χ1v) is 10.1. The first-order chi connectivity index (χ1) is 13.5. The monoisotopic (exact) mass is 382 g/mol. The third-order valence-electron chi connectivity index (χ3n) is 5.26. The van der Waals surface area contributed by atoms with Crippen molar-refractivity contribution in [2.75, 3.05) is 0 Å². The summed E-state index contributed by atoms with van der Waals surface area (Å²) in [6.07, 6.45) is 6.83. The van der Waals surface area contributed by atoms with E-state index in [4.69, 9.17) is 0 Å². The largest absolute Gasteiger partial charge is 0.318 e. The minimum absolute atomic E-state index is 0.00198. The van der Waals surface area contributed by atoms with Crippen LogP contribution < -0.4 is 11.1 Å². The molecule has 6 heteroatoms. The van der Waals surface area contributed by atoms with Crippen LogP contribution in [0.3, 0.4) is 0 Å². The van der Waals surface area contributed by atoms with Crippen molar-refractivity contribution in [1.29, 1.82) is 0 Å². The van der Waals surface area contributed by atoms with Crippen LogP contribution >= 0.6 is 0 Å². The molecule has 0 amide bonds. The Morgan fingerprint density at radius 1 is 0.643 bits per heavy atom. The molecule has 0 saturated carbocycles. The van der Waals surface area contributed by atoms with E-state index in [0.29, 0.717) is 24.0 Å². The molecular weight excluding hydrogens is 356 g/mol. The van der Waals surface area contributed by atoms with Crippen LogP contribution in [-0.4, -0.2) is 21.5 Å². The molecule has 0 aromatic carbocycles. The van der Waals surface area contributed by atoms with Gasteiger partial charge in [0.15, 0.2) is 5.78 Å². The molecule has 1 aliphatic carbocycles. The Balaban J connectivity index is 2.13. The topological polar surface area (TPSA) is 99.9 Å². The predicted octanol–water partition coefficient (Wildman–Crippen LogP) is 3.30. The minimum atomic E-state index is -0.492. The Labute approximate surface area is 163 Å². The molecule has 0 fully saturated rings. The molecule has 2 aromatic heterocycles. The lowest BCUT2D eigenvalue weighted by molar-refractivity contribution is 0.0969. The van der Waals surface area contributed by atoms with Gasteiger partial charge in [0.2, 0.25) is 16.9 Å². The molecule has 0 radical (unpaired) electrons. The van der Waals surface area contributed by atoms with E-state index in [9.17, 15) is 19.2 Å². The summed E-state index contributed by atoms with van der Waals surface area (Å²) < 4.78 is 0. The molecule has 2 heterocycles. The van der Waals surface area contributed by atoms with Gasteiger partial charge in [-0.3, -0.25) is 19.2 Å². The van der Waals surface area contributed by atoms with Crippen molar-refractivity contribution in [2.45, 2.75) is 65.2 Å². The first-order valence-electron chi connectivity index (χ1n) is 10.1. The van der Waals surface area contributed by atoms with Crippen LogP contribution in [0, 0.1) is 0 Å². The number of nitrogens with one attached hydrogen (secondary N) is 2. The second-order valence-electron chi connectivity index (χ2n) is 7.39. The molecule has 0 atom stereocenters. The summed E-state index contributed by atoms with van der Waals surface area (Å²) in [4.78, 5) is 55.6. The lowest BCUT2D eigenvalue weighted by atomic mass is 9.83. The molecule has 0 spiro atoms. The van der Waals surface area contributed by atoms with E-state index in [2.05, 4.69) is 23.8 Å². The fourth-order valence-corrected chi connectivity index (χ4v) is 3.86. The van der Waals surface area contributed by atoms with Crippen molar-refractivity contribution in [3.05, 3.63) is 66.5 Å². The van der Waals surface area contributed by atoms with Crippen molar-refractivity contribution in [3.63, 3.8) is 0 Å². The molecule has 0 aliphatic heterocycles. The number of carbonyl (C=O) groups is 2. The van der Waals surface area contributed by atoms with Crippen LogP contribution in [0.25, 0.3) is 0 Å². The van der Waals surface area contributed by atoms with Crippen LogP contribution in [0.15, 0.2) is 21.7 Å². The molecule has 148 valence electrons. The Hall–Kier alpha value is -2.76. The van der Waals surface area contributed by atoms with Gasteiger partial charge >= 0.3 is 0 Å². The van der Waals surface area contributed by atoms with Crippen LogP contribution in [0.4, 0.5) is 0 Å². The van der Waals surface area contributed by atoms with Crippen molar-refractivity contribution in [3.8, 4) is 0 Å². The number of aryl methyl sites for hydroxylation is 2. The van der Waals surface area contributed by atoms with Crippen molar-refractivity contribution in [2.24, 2.45) is 0 Å². The van der Waals surface area contributed by atoms with E-state index in [1.54, 1.807) is 0 Å². The fourth-order valence-electron chi connectivity index (χ4n) is 3.86.